The highest BCUT2D eigenvalue weighted by Crippen LogP contribution is 2.29. The summed E-state index contributed by atoms with van der Waals surface area (Å²) in [5.74, 6) is -0.570. The molecular weight excluding hydrogens is 266 g/mol. The highest BCUT2D eigenvalue weighted by molar-refractivity contribution is 7.17. The van der Waals surface area contributed by atoms with E-state index in [1.54, 1.807) is 24.3 Å². The molecule has 94 valence electrons. The Kier molecular flexibility index (Phi) is 3.05. The zero-order chi connectivity index (χ0) is 13.2. The van der Waals surface area contributed by atoms with Gasteiger partial charge in [0.1, 0.15) is 21.6 Å². The monoisotopic (exact) mass is 274 g/mol. The lowest BCUT2D eigenvalue weighted by Gasteiger charge is -1.95. The van der Waals surface area contributed by atoms with Gasteiger partial charge in [-0.3, -0.25) is 0 Å². The van der Waals surface area contributed by atoms with Crippen LogP contribution in [0.3, 0.4) is 0 Å². The molecule has 0 fully saturated rings. The number of rotatable bonds is 2. The number of halogens is 2. The average molecular weight is 274 g/mol. The molecule has 0 saturated carbocycles. The predicted octanol–water partition coefficient (Wildman–Crippen LogP) is 4.15. The fourth-order valence-corrected chi connectivity index (χ4v) is 2.50. The summed E-state index contributed by atoms with van der Waals surface area (Å²) in [4.78, 5) is 0. The zero-order valence-electron chi connectivity index (χ0n) is 9.68. The maximum absolute atomic E-state index is 12.8. The number of aromatic nitrogens is 2. The third kappa shape index (κ3) is 2.51. The van der Waals surface area contributed by atoms with E-state index in [1.165, 1.54) is 35.6 Å². The van der Waals surface area contributed by atoms with Crippen LogP contribution in [0.4, 0.5) is 8.78 Å². The molecule has 0 unspecified atom stereocenters. The molecule has 2 nitrogen and oxygen atoms in total. The molecule has 1 aromatic heterocycles. The van der Waals surface area contributed by atoms with Crippen molar-refractivity contribution in [2.45, 2.75) is 0 Å². The van der Waals surface area contributed by atoms with E-state index in [1.807, 2.05) is 0 Å². The van der Waals surface area contributed by atoms with Crippen LogP contribution in [0.1, 0.15) is 0 Å². The quantitative estimate of drug-likeness (QED) is 0.701. The molecule has 0 bridgehead atoms. The summed E-state index contributed by atoms with van der Waals surface area (Å²) >= 11 is 1.38. The van der Waals surface area contributed by atoms with Crippen molar-refractivity contribution in [3.63, 3.8) is 0 Å². The van der Waals surface area contributed by atoms with Gasteiger partial charge >= 0.3 is 0 Å². The van der Waals surface area contributed by atoms with Gasteiger partial charge in [-0.2, -0.15) is 0 Å². The lowest BCUT2D eigenvalue weighted by Crippen LogP contribution is -1.78. The normalized spacial score (nSPS) is 10.6. The molecule has 0 aliphatic rings. The fraction of sp³-hybridized carbons (Fsp3) is 0. The van der Waals surface area contributed by atoms with E-state index in [2.05, 4.69) is 10.2 Å². The standard InChI is InChI=1S/C14H8F2N2S/c15-11-5-1-9(2-6-11)13-17-18-14(19-13)10-3-7-12(16)8-4-10/h1-8H. The number of benzene rings is 2. The molecule has 0 radical (unpaired) electrons. The Morgan fingerprint density at radius 1 is 0.632 bits per heavy atom. The van der Waals surface area contributed by atoms with Gasteiger partial charge < -0.3 is 0 Å². The second-order valence-corrected chi connectivity index (χ2v) is 4.90. The largest absolute Gasteiger partial charge is 0.207 e. The Morgan fingerprint density at radius 2 is 1.00 bits per heavy atom. The fourth-order valence-electron chi connectivity index (χ4n) is 1.64. The molecule has 3 aromatic rings. The summed E-state index contributed by atoms with van der Waals surface area (Å²) in [6, 6.07) is 12.2. The van der Waals surface area contributed by atoms with E-state index in [0.717, 1.165) is 11.1 Å². The molecule has 0 spiro atoms. The minimum atomic E-state index is -0.285. The van der Waals surface area contributed by atoms with Gasteiger partial charge in [-0.1, -0.05) is 11.3 Å². The van der Waals surface area contributed by atoms with Gasteiger partial charge in [0.25, 0.3) is 0 Å². The first-order valence-corrected chi connectivity index (χ1v) is 6.39. The van der Waals surface area contributed by atoms with E-state index in [-0.39, 0.29) is 11.6 Å². The van der Waals surface area contributed by atoms with Crippen molar-refractivity contribution in [3.8, 4) is 21.1 Å². The van der Waals surface area contributed by atoms with Crippen LogP contribution < -0.4 is 0 Å². The predicted molar refractivity (Wildman–Crippen MR) is 70.7 cm³/mol. The summed E-state index contributed by atoms with van der Waals surface area (Å²) in [5, 5.41) is 9.55. The van der Waals surface area contributed by atoms with Gasteiger partial charge in [-0.25, -0.2) is 8.78 Å². The molecule has 0 saturated heterocycles. The third-order valence-corrected chi connectivity index (χ3v) is 3.63. The Labute approximate surface area is 112 Å². The summed E-state index contributed by atoms with van der Waals surface area (Å²) < 4.78 is 25.7. The van der Waals surface area contributed by atoms with Crippen LogP contribution in [0, 0.1) is 11.6 Å². The van der Waals surface area contributed by atoms with E-state index in [9.17, 15) is 8.78 Å². The van der Waals surface area contributed by atoms with Crippen LogP contribution in [0.2, 0.25) is 0 Å². The van der Waals surface area contributed by atoms with Crippen molar-refractivity contribution in [1.29, 1.82) is 0 Å². The van der Waals surface area contributed by atoms with Gasteiger partial charge in [0.2, 0.25) is 0 Å². The Balaban J connectivity index is 1.95. The second kappa shape index (κ2) is 4.85. The third-order valence-electron chi connectivity index (χ3n) is 2.61. The van der Waals surface area contributed by atoms with Crippen LogP contribution in [0.5, 0.6) is 0 Å². The van der Waals surface area contributed by atoms with E-state index >= 15 is 0 Å². The Morgan fingerprint density at radius 3 is 1.37 bits per heavy atom. The number of hydrogen-bond acceptors (Lipinski definition) is 3. The number of nitrogens with zero attached hydrogens (tertiary/aromatic N) is 2. The zero-order valence-corrected chi connectivity index (χ0v) is 10.5. The van der Waals surface area contributed by atoms with Crippen molar-refractivity contribution in [2.75, 3.05) is 0 Å². The first-order chi connectivity index (χ1) is 9.22. The van der Waals surface area contributed by atoms with Crippen molar-refractivity contribution < 1.29 is 8.78 Å². The first-order valence-electron chi connectivity index (χ1n) is 5.58. The summed E-state index contributed by atoms with van der Waals surface area (Å²) in [6.45, 7) is 0. The van der Waals surface area contributed by atoms with Crippen LogP contribution in [0.25, 0.3) is 21.1 Å². The van der Waals surface area contributed by atoms with E-state index in [0.29, 0.717) is 10.0 Å². The lowest BCUT2D eigenvalue weighted by molar-refractivity contribution is 0.627. The summed E-state index contributed by atoms with van der Waals surface area (Å²) in [5.41, 5.74) is 1.62. The number of hydrogen-bond donors (Lipinski definition) is 0. The molecule has 0 atom stereocenters. The topological polar surface area (TPSA) is 25.8 Å². The Bertz CT molecular complexity index is 630. The van der Waals surface area contributed by atoms with E-state index in [4.69, 9.17) is 0 Å². The minimum absolute atomic E-state index is 0.285. The summed E-state index contributed by atoms with van der Waals surface area (Å²) in [6.07, 6.45) is 0. The highest BCUT2D eigenvalue weighted by Gasteiger charge is 2.08. The van der Waals surface area contributed by atoms with Crippen molar-refractivity contribution >= 4 is 11.3 Å². The van der Waals surface area contributed by atoms with Crippen molar-refractivity contribution in [2.24, 2.45) is 0 Å². The van der Waals surface area contributed by atoms with Gasteiger partial charge in [0, 0.05) is 11.1 Å². The van der Waals surface area contributed by atoms with Gasteiger partial charge in [-0.05, 0) is 48.5 Å². The van der Waals surface area contributed by atoms with Crippen molar-refractivity contribution in [3.05, 3.63) is 60.2 Å². The van der Waals surface area contributed by atoms with Gasteiger partial charge in [0.05, 0.1) is 0 Å². The SMILES string of the molecule is Fc1ccc(-c2nnc(-c3ccc(F)cc3)s2)cc1. The maximum Gasteiger partial charge on any atom is 0.148 e. The second-order valence-electron chi connectivity index (χ2n) is 3.93. The van der Waals surface area contributed by atoms with Crippen LogP contribution >= 0.6 is 11.3 Å². The smallest absolute Gasteiger partial charge is 0.148 e. The van der Waals surface area contributed by atoms with Crippen LogP contribution in [-0.2, 0) is 0 Å². The molecule has 3 rings (SSSR count). The molecule has 0 amide bonds. The molecule has 19 heavy (non-hydrogen) atoms. The maximum atomic E-state index is 12.8. The minimum Gasteiger partial charge on any atom is -0.207 e. The summed E-state index contributed by atoms with van der Waals surface area (Å²) in [7, 11) is 0. The molecule has 0 N–H and O–H groups in total. The molecule has 1 heterocycles. The molecule has 2 aromatic carbocycles. The van der Waals surface area contributed by atoms with Crippen LogP contribution in [-0.4, -0.2) is 10.2 Å². The molecule has 0 aliphatic heterocycles. The van der Waals surface area contributed by atoms with Gasteiger partial charge in [0.15, 0.2) is 0 Å². The molecule has 0 aliphatic carbocycles. The molecular formula is C14H8F2N2S. The first kappa shape index (κ1) is 11.9. The van der Waals surface area contributed by atoms with E-state index < -0.39 is 0 Å². The van der Waals surface area contributed by atoms with Gasteiger partial charge in [-0.15, -0.1) is 10.2 Å². The lowest BCUT2D eigenvalue weighted by atomic mass is 10.2. The van der Waals surface area contributed by atoms with Crippen LogP contribution in [0.15, 0.2) is 48.5 Å². The highest BCUT2D eigenvalue weighted by atomic mass is 32.1. The average Bonchev–Trinajstić information content (AvgIpc) is 2.90. The van der Waals surface area contributed by atoms with Crippen molar-refractivity contribution in [1.82, 2.24) is 10.2 Å². The molecule has 5 heteroatoms. The Hall–Kier alpha value is -2.14.